The Kier molecular flexibility index (Phi) is 6.70. The van der Waals surface area contributed by atoms with Crippen molar-refractivity contribution in [2.45, 2.75) is 13.3 Å². The van der Waals surface area contributed by atoms with Gasteiger partial charge in [-0.15, -0.1) is 0 Å². The number of benzene rings is 1. The van der Waals surface area contributed by atoms with E-state index < -0.39 is 0 Å². The molecule has 2 aromatic rings. The standard InChI is InChI=1S/C17H20N4O3/c1-13-5-2-3-6-15(13)24-12-16(22)20-7-4-8-21-17(23)14-11-18-9-10-19-14/h2-3,5-6,9-11H,4,7-8,12H2,1H3,(H,20,22)(H,21,23). The summed E-state index contributed by atoms with van der Waals surface area (Å²) in [5, 5.41) is 5.46. The van der Waals surface area contributed by atoms with Gasteiger partial charge in [0.25, 0.3) is 11.8 Å². The van der Waals surface area contributed by atoms with E-state index in [1.807, 2.05) is 31.2 Å². The van der Waals surface area contributed by atoms with Crippen LogP contribution in [-0.4, -0.2) is 41.5 Å². The van der Waals surface area contributed by atoms with Crippen molar-refractivity contribution in [2.75, 3.05) is 19.7 Å². The van der Waals surface area contributed by atoms with Crippen LogP contribution in [0.1, 0.15) is 22.5 Å². The van der Waals surface area contributed by atoms with Crippen molar-refractivity contribution in [3.63, 3.8) is 0 Å². The summed E-state index contributed by atoms with van der Waals surface area (Å²) in [5.41, 5.74) is 1.25. The molecule has 24 heavy (non-hydrogen) atoms. The van der Waals surface area contributed by atoms with Crippen molar-refractivity contribution < 1.29 is 14.3 Å². The van der Waals surface area contributed by atoms with Crippen molar-refractivity contribution in [3.8, 4) is 5.75 Å². The molecular formula is C17H20N4O3. The lowest BCUT2D eigenvalue weighted by Crippen LogP contribution is -2.32. The molecule has 0 saturated carbocycles. The Balaban J connectivity index is 1.58. The predicted octanol–water partition coefficient (Wildman–Crippen LogP) is 1.10. The summed E-state index contributed by atoms with van der Waals surface area (Å²) in [4.78, 5) is 31.2. The van der Waals surface area contributed by atoms with E-state index in [2.05, 4.69) is 20.6 Å². The molecule has 1 heterocycles. The van der Waals surface area contributed by atoms with Crippen molar-refractivity contribution in [3.05, 3.63) is 54.1 Å². The van der Waals surface area contributed by atoms with Crippen LogP contribution in [0.3, 0.4) is 0 Å². The second-order valence-corrected chi connectivity index (χ2v) is 5.10. The van der Waals surface area contributed by atoms with E-state index in [1.54, 1.807) is 0 Å². The number of para-hydroxylation sites is 1. The first kappa shape index (κ1) is 17.4. The van der Waals surface area contributed by atoms with E-state index in [-0.39, 0.29) is 24.1 Å². The Labute approximate surface area is 140 Å². The smallest absolute Gasteiger partial charge is 0.271 e. The Morgan fingerprint density at radius 3 is 2.67 bits per heavy atom. The van der Waals surface area contributed by atoms with Crippen LogP contribution in [0.25, 0.3) is 0 Å². The Bertz CT molecular complexity index is 677. The maximum Gasteiger partial charge on any atom is 0.271 e. The summed E-state index contributed by atoms with van der Waals surface area (Å²) in [7, 11) is 0. The van der Waals surface area contributed by atoms with E-state index in [1.165, 1.54) is 18.6 Å². The van der Waals surface area contributed by atoms with E-state index >= 15 is 0 Å². The minimum absolute atomic E-state index is 0.0309. The Morgan fingerprint density at radius 1 is 1.12 bits per heavy atom. The fraction of sp³-hybridized carbons (Fsp3) is 0.294. The summed E-state index contributed by atoms with van der Waals surface area (Å²) in [6, 6.07) is 7.52. The number of rotatable bonds is 8. The molecule has 0 aliphatic rings. The van der Waals surface area contributed by atoms with Crippen LogP contribution in [-0.2, 0) is 4.79 Å². The first-order chi connectivity index (χ1) is 11.7. The molecule has 0 radical (unpaired) electrons. The summed E-state index contributed by atoms with van der Waals surface area (Å²) >= 11 is 0. The number of carbonyl (C=O) groups is 2. The topological polar surface area (TPSA) is 93.2 Å². The zero-order chi connectivity index (χ0) is 17.2. The highest BCUT2D eigenvalue weighted by molar-refractivity contribution is 5.91. The molecule has 2 N–H and O–H groups in total. The van der Waals surface area contributed by atoms with Crippen LogP contribution < -0.4 is 15.4 Å². The summed E-state index contributed by atoms with van der Waals surface area (Å²) in [6.45, 7) is 2.79. The van der Waals surface area contributed by atoms with Gasteiger partial charge in [0.05, 0.1) is 6.20 Å². The molecule has 126 valence electrons. The molecule has 0 bridgehead atoms. The number of ether oxygens (including phenoxy) is 1. The zero-order valence-corrected chi connectivity index (χ0v) is 13.5. The van der Waals surface area contributed by atoms with Gasteiger partial charge in [-0.2, -0.15) is 0 Å². The second kappa shape index (κ2) is 9.24. The van der Waals surface area contributed by atoms with Gasteiger partial charge in [0.1, 0.15) is 11.4 Å². The van der Waals surface area contributed by atoms with Gasteiger partial charge in [-0.05, 0) is 25.0 Å². The zero-order valence-electron chi connectivity index (χ0n) is 13.5. The molecular weight excluding hydrogens is 308 g/mol. The lowest BCUT2D eigenvalue weighted by molar-refractivity contribution is -0.123. The van der Waals surface area contributed by atoms with Gasteiger partial charge in [-0.3, -0.25) is 14.6 Å². The summed E-state index contributed by atoms with van der Waals surface area (Å²) < 4.78 is 5.45. The lowest BCUT2D eigenvalue weighted by Gasteiger charge is -2.09. The number of hydrogen-bond acceptors (Lipinski definition) is 5. The molecule has 0 unspecified atom stereocenters. The molecule has 1 aromatic carbocycles. The van der Waals surface area contributed by atoms with Gasteiger partial charge in [-0.25, -0.2) is 4.98 Å². The molecule has 2 rings (SSSR count). The number of hydrogen-bond donors (Lipinski definition) is 2. The molecule has 0 aliphatic heterocycles. The van der Waals surface area contributed by atoms with Crippen molar-refractivity contribution >= 4 is 11.8 Å². The molecule has 2 amide bonds. The third kappa shape index (κ3) is 5.68. The van der Waals surface area contributed by atoms with E-state index in [9.17, 15) is 9.59 Å². The molecule has 7 heteroatoms. The third-order valence-electron chi connectivity index (χ3n) is 3.21. The molecule has 0 saturated heterocycles. The number of carbonyl (C=O) groups excluding carboxylic acids is 2. The molecule has 0 atom stereocenters. The number of aryl methyl sites for hydroxylation is 1. The number of aromatic nitrogens is 2. The fourth-order valence-corrected chi connectivity index (χ4v) is 1.94. The van der Waals surface area contributed by atoms with Gasteiger partial charge >= 0.3 is 0 Å². The quantitative estimate of drug-likeness (QED) is 0.708. The lowest BCUT2D eigenvalue weighted by atomic mass is 10.2. The first-order valence-corrected chi connectivity index (χ1v) is 7.66. The van der Waals surface area contributed by atoms with Crippen LogP contribution in [0.15, 0.2) is 42.9 Å². The van der Waals surface area contributed by atoms with E-state index in [0.29, 0.717) is 25.3 Å². The number of nitrogens with zero attached hydrogens (tertiary/aromatic N) is 2. The fourth-order valence-electron chi connectivity index (χ4n) is 1.94. The van der Waals surface area contributed by atoms with Crippen molar-refractivity contribution in [1.29, 1.82) is 0 Å². The average molecular weight is 328 g/mol. The van der Waals surface area contributed by atoms with Gasteiger partial charge in [-0.1, -0.05) is 18.2 Å². The maximum atomic E-state index is 11.7. The molecule has 7 nitrogen and oxygen atoms in total. The van der Waals surface area contributed by atoms with Gasteiger partial charge in [0, 0.05) is 25.5 Å². The first-order valence-electron chi connectivity index (χ1n) is 7.66. The highest BCUT2D eigenvalue weighted by atomic mass is 16.5. The van der Waals surface area contributed by atoms with Crippen LogP contribution in [0.2, 0.25) is 0 Å². The van der Waals surface area contributed by atoms with Gasteiger partial charge in [0.15, 0.2) is 6.61 Å². The average Bonchev–Trinajstić information content (AvgIpc) is 2.61. The normalized spacial score (nSPS) is 10.0. The number of nitrogens with one attached hydrogen (secondary N) is 2. The largest absolute Gasteiger partial charge is 0.484 e. The molecule has 0 spiro atoms. The van der Waals surface area contributed by atoms with E-state index in [4.69, 9.17) is 4.74 Å². The minimum Gasteiger partial charge on any atom is -0.484 e. The van der Waals surface area contributed by atoms with E-state index in [0.717, 1.165) is 5.56 Å². The SMILES string of the molecule is Cc1ccccc1OCC(=O)NCCCNC(=O)c1cnccn1. The number of amides is 2. The summed E-state index contributed by atoms with van der Waals surface area (Å²) in [5.74, 6) is 0.222. The Morgan fingerprint density at radius 2 is 1.92 bits per heavy atom. The van der Waals surface area contributed by atoms with Crippen molar-refractivity contribution in [2.24, 2.45) is 0 Å². The highest BCUT2D eigenvalue weighted by Crippen LogP contribution is 2.15. The third-order valence-corrected chi connectivity index (χ3v) is 3.21. The summed E-state index contributed by atoms with van der Waals surface area (Å²) in [6.07, 6.45) is 4.98. The minimum atomic E-state index is -0.280. The van der Waals surface area contributed by atoms with Crippen molar-refractivity contribution in [1.82, 2.24) is 20.6 Å². The van der Waals surface area contributed by atoms with Crippen LogP contribution in [0.5, 0.6) is 5.75 Å². The van der Waals surface area contributed by atoms with Crippen LogP contribution >= 0.6 is 0 Å². The van der Waals surface area contributed by atoms with Gasteiger partial charge in [0.2, 0.25) is 0 Å². The predicted molar refractivity (Wildman–Crippen MR) is 88.7 cm³/mol. The maximum absolute atomic E-state index is 11.7. The highest BCUT2D eigenvalue weighted by Gasteiger charge is 2.06. The molecule has 1 aromatic heterocycles. The molecule has 0 fully saturated rings. The van der Waals surface area contributed by atoms with Crippen LogP contribution in [0, 0.1) is 6.92 Å². The Hall–Kier alpha value is -2.96. The monoisotopic (exact) mass is 328 g/mol. The second-order valence-electron chi connectivity index (χ2n) is 5.10. The van der Waals surface area contributed by atoms with Gasteiger partial charge < -0.3 is 15.4 Å². The van der Waals surface area contributed by atoms with Crippen LogP contribution in [0.4, 0.5) is 0 Å². The molecule has 0 aliphatic carbocycles.